The number of ether oxygens (including phenoxy) is 2. The number of nitrogens with one attached hydrogen (secondary N) is 11. The fourth-order valence-electron chi connectivity index (χ4n) is 15.6. The Morgan fingerprint density at radius 3 is 1.92 bits per heavy atom. The SMILES string of the molecule is CNCCOc1ccc(CC(NC(=O)C2CSCCC(NC(=O)C(CCCCC(=N)N)NC(C)=O)C(=O)CC(CCC(N)=O)C(=O)NC(C(C)O)C(=O)NC(Cc3c[nH]c4ccccc34)C(=O)NC(CCC(N)=O)C(=O)C2)C(=O)CC(Cc2ccc3ccccc3c2)C(=O)NC2(C(=O)CC(CCC(=O)O)C(=O)NC(CC(N)=O)C(=O)CC(CC(N)=O)C(N)=O)CCOCC2)cc1.[2HH]. The van der Waals surface area contributed by atoms with E-state index >= 15 is 33.6 Å². The molecule has 3 heterocycles. The average molecular weight is 1840 g/mol. The van der Waals surface area contributed by atoms with Crippen molar-refractivity contribution >= 4 is 151 Å². The third-order valence-electron chi connectivity index (χ3n) is 23.0. The van der Waals surface area contributed by atoms with E-state index in [1.165, 1.54) is 0 Å². The Bertz CT molecular complexity index is 4970. The van der Waals surface area contributed by atoms with Crippen molar-refractivity contribution in [2.45, 2.75) is 215 Å². The molecule has 0 bridgehead atoms. The number of hydrogen-bond acceptors (Lipinski definition) is 25. The lowest BCUT2D eigenvalue weighted by Crippen LogP contribution is -2.59. The van der Waals surface area contributed by atoms with Crippen LogP contribution < -0.4 is 87.0 Å². The molecule has 0 saturated carbocycles. The molecule has 0 aliphatic carbocycles. The van der Waals surface area contributed by atoms with E-state index < -0.39 is 279 Å². The monoisotopic (exact) mass is 1840 g/mol. The molecule has 2 aliphatic heterocycles. The van der Waals surface area contributed by atoms with Crippen LogP contribution >= 0.6 is 11.8 Å². The molecule has 0 radical (unpaired) electrons. The fraction of sp³-hybridized carbons (Fsp3) is 0.511. The predicted octanol–water partition coefficient (Wildman–Crippen LogP) is -0.205. The van der Waals surface area contributed by atoms with Gasteiger partial charge in [0.1, 0.15) is 36.0 Å². The van der Waals surface area contributed by atoms with Gasteiger partial charge in [0, 0.05) is 152 Å². The summed E-state index contributed by atoms with van der Waals surface area (Å²) >= 11 is 0.961. The second-order valence-corrected chi connectivity index (χ2v) is 34.5. The van der Waals surface area contributed by atoms with Gasteiger partial charge >= 0.3 is 5.97 Å². The number of hydrogen-bond donors (Lipinski definition) is 19. The Morgan fingerprint density at radius 1 is 0.626 bits per heavy atom. The van der Waals surface area contributed by atoms with Gasteiger partial charge in [0.25, 0.3) is 0 Å². The number of carbonyl (C=O) groups excluding carboxylic acids is 18. The van der Waals surface area contributed by atoms with Gasteiger partial charge in [-0.25, -0.2) is 0 Å². The number of aliphatic hydroxyl groups is 1. The zero-order valence-corrected chi connectivity index (χ0v) is 74.4. The van der Waals surface area contributed by atoms with E-state index in [4.69, 9.17) is 49.3 Å². The number of carboxylic acid groups (broad SMARTS) is 1. The summed E-state index contributed by atoms with van der Waals surface area (Å²) in [5, 5.41) is 55.2. The maximum atomic E-state index is 16.1. The summed E-state index contributed by atoms with van der Waals surface area (Å²) < 4.78 is 11.6. The van der Waals surface area contributed by atoms with Gasteiger partial charge in [-0.1, -0.05) is 79.2 Å². The number of carbonyl (C=O) groups is 19. The average Bonchev–Trinajstić information content (AvgIpc) is 1.04. The molecule has 712 valence electrons. The molecule has 131 heavy (non-hydrogen) atoms. The van der Waals surface area contributed by atoms with Gasteiger partial charge in [0.15, 0.2) is 28.9 Å². The van der Waals surface area contributed by atoms with Crippen LogP contribution in [0.3, 0.4) is 0 Å². The quantitative estimate of drug-likeness (QED) is 0.0136. The van der Waals surface area contributed by atoms with E-state index in [1.54, 1.807) is 92.1 Å². The van der Waals surface area contributed by atoms with Crippen LogP contribution in [-0.2, 0) is 115 Å². The molecule has 5 aromatic rings. The molecule has 2 saturated heterocycles. The highest BCUT2D eigenvalue weighted by Crippen LogP contribution is 2.32. The number of primary amides is 5. The number of amides is 13. The van der Waals surface area contributed by atoms with Gasteiger partial charge in [-0.15, -0.1) is 0 Å². The number of amidine groups is 1. The number of Topliss-reactive ketones (excluding diaryl/α,β-unsaturated/α-hetero) is 5. The molecular weight excluding hydrogens is 1720 g/mol. The number of nitrogens with two attached hydrogens (primary N) is 6. The van der Waals surface area contributed by atoms with Gasteiger partial charge in [0.2, 0.25) is 76.8 Å². The van der Waals surface area contributed by atoms with E-state index in [0.29, 0.717) is 51.7 Å². The van der Waals surface area contributed by atoms with Crippen molar-refractivity contribution in [2.75, 3.05) is 44.9 Å². The first-order chi connectivity index (χ1) is 62.2. The highest BCUT2D eigenvalue weighted by Gasteiger charge is 2.46. The molecule has 7 rings (SSSR count). The first kappa shape index (κ1) is 105. The van der Waals surface area contributed by atoms with Crippen LogP contribution in [0.4, 0.5) is 0 Å². The minimum absolute atomic E-state index is 0. The number of thioether (sulfide) groups is 1. The minimum Gasteiger partial charge on any atom is -0.492 e. The van der Waals surface area contributed by atoms with Gasteiger partial charge < -0.3 is 107 Å². The zero-order chi connectivity index (χ0) is 96.2. The number of para-hydroxylation sites is 1. The van der Waals surface area contributed by atoms with Gasteiger partial charge in [-0.2, -0.15) is 11.8 Å². The Morgan fingerprint density at radius 2 is 1.27 bits per heavy atom. The molecule has 0 spiro atoms. The van der Waals surface area contributed by atoms with Crippen LogP contribution in [-0.4, -0.2) is 232 Å². The number of likely N-dealkylation sites (N-methyl/N-ethyl adjacent to an activating group) is 1. The molecule has 2 aliphatic rings. The van der Waals surface area contributed by atoms with Crippen molar-refractivity contribution in [2.24, 2.45) is 64.0 Å². The van der Waals surface area contributed by atoms with Crippen molar-refractivity contribution in [3.05, 3.63) is 114 Å². The normalized spacial score (nSPS) is 19.3. The summed E-state index contributed by atoms with van der Waals surface area (Å²) in [6, 6.07) is 14.3. The molecule has 2 fully saturated rings. The highest BCUT2D eigenvalue weighted by molar-refractivity contribution is 7.99. The van der Waals surface area contributed by atoms with Gasteiger partial charge in [0.05, 0.1) is 54.4 Å². The Kier molecular flexibility index (Phi) is 41.8. The molecule has 41 heteroatoms. The summed E-state index contributed by atoms with van der Waals surface area (Å²) in [4.78, 5) is 271. The van der Waals surface area contributed by atoms with Crippen LogP contribution in [0, 0.1) is 35.0 Å². The Labute approximate surface area is 761 Å². The number of rotatable bonds is 48. The number of benzene rings is 4. The largest absolute Gasteiger partial charge is 0.492 e. The number of carboxylic acids is 1. The first-order valence-corrected chi connectivity index (χ1v) is 44.6. The predicted molar refractivity (Wildman–Crippen MR) is 482 cm³/mol. The summed E-state index contributed by atoms with van der Waals surface area (Å²) in [6.45, 7) is 2.66. The minimum atomic E-state index is -1.94. The third-order valence-corrected chi connectivity index (χ3v) is 24.1. The summed E-state index contributed by atoms with van der Waals surface area (Å²) in [6.07, 6.45) is -9.98. The molecule has 4 aromatic carbocycles. The van der Waals surface area contributed by atoms with E-state index in [0.717, 1.165) is 31.0 Å². The smallest absolute Gasteiger partial charge is 0.303 e. The standard InChI is InChI=1S/C90H121N17O23S.H2/c1-49(108)81-89(128)105-69(39-59-47-99-63-13-7-6-12-62(59)63)88(127)101-64(24-26-77(94)116)71(111)43-60(48-131-35-28-65(70(110)40-55(84(123)106-81)20-25-76(93)115)102-87(126)66(100-50(2)109)14-8-9-15-75(91)92)85(124)103-67(38-51-17-22-61(23-18-51)130-34-31-98-3)73(113)42-58(37-52-16-19-53-10-4-5-11-54(53)36-52)86(125)107-90(29-32-129-33-30-90)74(114)44-56(21-27-80(119)120)83(122)104-68(46-79(96)118)72(112)41-57(82(97)121)45-78(95)117;/h4-7,10-13,16-19,22-23,36,47,49,55-58,60,64-69,81,98-99,108H,8-9,14-15,20-21,24-35,37-46,48H2,1-3H3,(H3,91,92)(H2,93,115)(H2,94,116)(H2,95,117)(H2,96,118)(H2,97,121)(H,100,109)(H,101,127)(H,102,126)(H,103,124)(H,104,122)(H,105,128)(H,106,123)(H,107,125)(H,119,120);1H/i;1+1. The highest BCUT2D eigenvalue weighted by atomic mass is 32.2. The van der Waals surface area contributed by atoms with E-state index in [1.807, 2.05) is 12.1 Å². The number of fused-ring (bicyclic) bond motifs is 2. The summed E-state index contributed by atoms with van der Waals surface area (Å²) in [7, 11) is 1.73. The van der Waals surface area contributed by atoms with Crippen LogP contribution in [0.25, 0.3) is 21.7 Å². The lowest BCUT2D eigenvalue weighted by Gasteiger charge is -2.38. The molecule has 1 aromatic heterocycles. The number of aromatic nitrogens is 1. The van der Waals surface area contributed by atoms with Crippen molar-refractivity contribution in [3.8, 4) is 5.75 Å². The first-order valence-electron chi connectivity index (χ1n) is 43.5. The number of aromatic amines is 1. The van der Waals surface area contributed by atoms with Crippen LogP contribution in [0.5, 0.6) is 5.75 Å². The Hall–Kier alpha value is -12.9. The topological polar surface area (TPSA) is 687 Å². The molecule has 40 nitrogen and oxygen atoms in total. The number of H-pyrrole nitrogens is 1. The van der Waals surface area contributed by atoms with Crippen LogP contribution in [0.1, 0.15) is 160 Å². The fourth-order valence-corrected chi connectivity index (χ4v) is 16.8. The maximum absolute atomic E-state index is 16.1. The van der Waals surface area contributed by atoms with Crippen molar-refractivity contribution in [3.63, 3.8) is 0 Å². The lowest BCUT2D eigenvalue weighted by atomic mass is 9.79. The molecule has 13 atom stereocenters. The number of aliphatic hydroxyl groups excluding tert-OH is 1. The van der Waals surface area contributed by atoms with Gasteiger partial charge in [-0.05, 0) is 117 Å². The van der Waals surface area contributed by atoms with Crippen LogP contribution in [0.15, 0.2) is 97.2 Å². The summed E-state index contributed by atoms with van der Waals surface area (Å²) in [5.41, 5.74) is 33.2. The maximum Gasteiger partial charge on any atom is 0.303 e. The number of ketones is 5. The van der Waals surface area contributed by atoms with Crippen molar-refractivity contribution < 1.29 is 112 Å². The number of unbranched alkanes of at least 4 members (excludes halogenated alkanes) is 1. The third kappa shape index (κ3) is 34.5. The van der Waals surface area contributed by atoms with Gasteiger partial charge in [-0.3, -0.25) is 96.5 Å². The summed E-state index contributed by atoms with van der Waals surface area (Å²) in [5.74, 6) is -26.6. The Balaban J connectivity index is 0.0000268. The van der Waals surface area contributed by atoms with E-state index in [9.17, 15) is 67.7 Å². The molecule has 13 amide bonds. The second kappa shape index (κ2) is 52.1. The lowest BCUT2D eigenvalue weighted by molar-refractivity contribution is -0.142. The van der Waals surface area contributed by atoms with E-state index in [-0.39, 0.29) is 96.4 Å². The van der Waals surface area contributed by atoms with Crippen molar-refractivity contribution in [1.82, 2.24) is 52.8 Å². The van der Waals surface area contributed by atoms with Crippen molar-refractivity contribution in [1.29, 1.82) is 5.41 Å². The van der Waals surface area contributed by atoms with E-state index in [2.05, 4.69) is 52.8 Å². The van der Waals surface area contributed by atoms with Crippen LogP contribution in [0.2, 0.25) is 0 Å². The molecule has 13 unspecified atom stereocenters. The molecular formula is C90H123N17O23S. The zero-order valence-electron chi connectivity index (χ0n) is 73.6. The number of aliphatic carboxylic acids is 1. The second-order valence-electron chi connectivity index (χ2n) is 33.3. The molecule has 25 N–H and O–H groups in total.